The minimum atomic E-state index is -3.62. The van der Waals surface area contributed by atoms with Crippen molar-refractivity contribution in [3.8, 4) is 0 Å². The molecule has 0 saturated heterocycles. The molecule has 0 unspecified atom stereocenters. The lowest BCUT2D eigenvalue weighted by molar-refractivity contribution is -0.384. The van der Waals surface area contributed by atoms with Gasteiger partial charge in [-0.2, -0.15) is 8.42 Å². The molecule has 1 fully saturated rings. The molecule has 7 heteroatoms. The summed E-state index contributed by atoms with van der Waals surface area (Å²) < 4.78 is 29.3. The Balaban J connectivity index is 2.07. The monoisotopic (exact) mass is 313 g/mol. The van der Waals surface area contributed by atoms with Crippen molar-refractivity contribution in [3.05, 3.63) is 39.9 Å². The summed E-state index contributed by atoms with van der Waals surface area (Å²) in [5.74, 6) is -0.213. The fourth-order valence-corrected chi connectivity index (χ4v) is 3.75. The minimum absolute atomic E-state index is 0.0221. The normalized spacial score (nSPS) is 22.0. The van der Waals surface area contributed by atoms with Gasteiger partial charge in [0.25, 0.3) is 15.8 Å². The van der Waals surface area contributed by atoms with Gasteiger partial charge in [-0.05, 0) is 17.4 Å². The summed E-state index contributed by atoms with van der Waals surface area (Å²) in [4.78, 5) is 10.3. The second-order valence-electron chi connectivity index (χ2n) is 6.55. The van der Waals surface area contributed by atoms with Crippen LogP contribution in [0.25, 0.3) is 0 Å². The van der Waals surface area contributed by atoms with Crippen LogP contribution < -0.4 is 0 Å². The first-order chi connectivity index (χ1) is 9.60. The molecule has 0 aliphatic heterocycles. The molecule has 2 rings (SSSR count). The zero-order valence-corrected chi connectivity index (χ0v) is 13.1. The standard InChI is InChI=1S/C14H19NO5S/c1-14(2,3)9-20-21(18,19)13-8-12(13)10-5-4-6-11(7-10)15(16)17/h4-7,12-13H,8-9H2,1-3H3/t12-,13-/m0/s1. The van der Waals surface area contributed by atoms with Gasteiger partial charge in [-0.25, -0.2) is 0 Å². The van der Waals surface area contributed by atoms with Crippen LogP contribution in [0.3, 0.4) is 0 Å². The number of non-ortho nitro benzene ring substituents is 1. The lowest BCUT2D eigenvalue weighted by atomic mass is 9.99. The molecule has 0 N–H and O–H groups in total. The highest BCUT2D eigenvalue weighted by atomic mass is 32.2. The lowest BCUT2D eigenvalue weighted by Crippen LogP contribution is -2.21. The third kappa shape index (κ3) is 4.01. The van der Waals surface area contributed by atoms with E-state index in [9.17, 15) is 18.5 Å². The van der Waals surface area contributed by atoms with Gasteiger partial charge >= 0.3 is 0 Å². The van der Waals surface area contributed by atoms with Gasteiger partial charge in [-0.15, -0.1) is 0 Å². The summed E-state index contributed by atoms with van der Waals surface area (Å²) in [7, 11) is -3.62. The van der Waals surface area contributed by atoms with E-state index in [4.69, 9.17) is 4.18 Å². The smallest absolute Gasteiger partial charge is 0.269 e. The van der Waals surface area contributed by atoms with E-state index in [0.717, 1.165) is 0 Å². The molecule has 1 aliphatic carbocycles. The molecule has 6 nitrogen and oxygen atoms in total. The summed E-state index contributed by atoms with van der Waals surface area (Å²) in [6.45, 7) is 5.82. The molecule has 2 atom stereocenters. The molecule has 21 heavy (non-hydrogen) atoms. The predicted molar refractivity (Wildman–Crippen MR) is 78.6 cm³/mol. The van der Waals surface area contributed by atoms with Crippen molar-refractivity contribution >= 4 is 15.8 Å². The third-order valence-electron chi connectivity index (χ3n) is 3.27. The van der Waals surface area contributed by atoms with Crippen molar-refractivity contribution in [2.45, 2.75) is 38.4 Å². The molecule has 0 spiro atoms. The average molecular weight is 313 g/mol. The first-order valence-electron chi connectivity index (χ1n) is 6.73. The summed E-state index contributed by atoms with van der Waals surface area (Å²) >= 11 is 0. The third-order valence-corrected chi connectivity index (χ3v) is 4.98. The maximum absolute atomic E-state index is 12.1. The fourth-order valence-electron chi connectivity index (χ4n) is 2.06. The van der Waals surface area contributed by atoms with Gasteiger partial charge in [-0.3, -0.25) is 14.3 Å². The van der Waals surface area contributed by atoms with E-state index in [1.54, 1.807) is 12.1 Å². The van der Waals surface area contributed by atoms with Gasteiger partial charge in [-0.1, -0.05) is 32.9 Å². The zero-order valence-electron chi connectivity index (χ0n) is 12.3. The topological polar surface area (TPSA) is 86.5 Å². The fraction of sp³-hybridized carbons (Fsp3) is 0.571. The number of rotatable bonds is 5. The van der Waals surface area contributed by atoms with Crippen LogP contribution in [0.15, 0.2) is 24.3 Å². The minimum Gasteiger partial charge on any atom is -0.269 e. The van der Waals surface area contributed by atoms with E-state index in [0.29, 0.717) is 12.0 Å². The molecular weight excluding hydrogens is 294 g/mol. The van der Waals surface area contributed by atoms with Gasteiger partial charge < -0.3 is 0 Å². The molecule has 0 aromatic heterocycles. The number of nitro benzene ring substituents is 1. The first-order valence-corrected chi connectivity index (χ1v) is 8.20. The second kappa shape index (κ2) is 5.38. The largest absolute Gasteiger partial charge is 0.270 e. The number of hydrogen-bond donors (Lipinski definition) is 0. The number of benzene rings is 1. The van der Waals surface area contributed by atoms with Gasteiger partial charge in [0.1, 0.15) is 0 Å². The number of nitrogens with zero attached hydrogens (tertiary/aromatic N) is 1. The van der Waals surface area contributed by atoms with Gasteiger partial charge in [0.2, 0.25) is 0 Å². The van der Waals surface area contributed by atoms with Crippen molar-refractivity contribution in [2.75, 3.05) is 6.61 Å². The van der Waals surface area contributed by atoms with Crippen LogP contribution in [0.5, 0.6) is 0 Å². The number of nitro groups is 1. The number of hydrogen-bond acceptors (Lipinski definition) is 5. The van der Waals surface area contributed by atoms with Crippen molar-refractivity contribution in [1.82, 2.24) is 0 Å². The van der Waals surface area contributed by atoms with Crippen molar-refractivity contribution < 1.29 is 17.5 Å². The Hall–Kier alpha value is -1.47. The quantitative estimate of drug-likeness (QED) is 0.474. The summed E-state index contributed by atoms with van der Waals surface area (Å²) in [5, 5.41) is 10.2. The van der Waals surface area contributed by atoms with Crippen LogP contribution in [0, 0.1) is 15.5 Å². The van der Waals surface area contributed by atoms with Gasteiger partial charge in [0, 0.05) is 18.1 Å². The molecule has 1 aromatic rings. The molecule has 1 saturated carbocycles. The summed E-state index contributed by atoms with van der Waals surface area (Å²) in [6, 6.07) is 6.12. The predicted octanol–water partition coefficient (Wildman–Crippen LogP) is 2.84. The zero-order chi connectivity index (χ0) is 15.8. The highest BCUT2D eigenvalue weighted by Crippen LogP contribution is 2.47. The van der Waals surface area contributed by atoms with Gasteiger partial charge in [0.15, 0.2) is 0 Å². The molecule has 116 valence electrons. The Morgan fingerprint density at radius 2 is 2.05 bits per heavy atom. The van der Waals surface area contributed by atoms with Gasteiger partial charge in [0.05, 0.1) is 16.8 Å². The second-order valence-corrected chi connectivity index (χ2v) is 8.38. The maximum atomic E-state index is 12.1. The van der Waals surface area contributed by atoms with Crippen molar-refractivity contribution in [2.24, 2.45) is 5.41 Å². The van der Waals surface area contributed by atoms with Crippen LogP contribution in [0.1, 0.15) is 38.7 Å². The highest BCUT2D eigenvalue weighted by molar-refractivity contribution is 7.87. The van der Waals surface area contributed by atoms with E-state index < -0.39 is 20.3 Å². The molecule has 1 aliphatic rings. The molecule has 0 heterocycles. The SMILES string of the molecule is CC(C)(C)COS(=O)(=O)[C@H]1C[C@H]1c1cccc([N+](=O)[O-])c1. The average Bonchev–Trinajstić information content (AvgIpc) is 3.17. The van der Waals surface area contributed by atoms with Crippen LogP contribution in [0.4, 0.5) is 5.69 Å². The Morgan fingerprint density at radius 1 is 1.38 bits per heavy atom. The van der Waals surface area contributed by atoms with E-state index in [-0.39, 0.29) is 23.6 Å². The first kappa shape index (κ1) is 15.9. The van der Waals surface area contributed by atoms with Crippen LogP contribution >= 0.6 is 0 Å². The molecular formula is C14H19NO5S. The Bertz CT molecular complexity index is 648. The van der Waals surface area contributed by atoms with E-state index in [2.05, 4.69) is 0 Å². The van der Waals surface area contributed by atoms with Crippen LogP contribution in [-0.4, -0.2) is 25.2 Å². The van der Waals surface area contributed by atoms with Crippen LogP contribution in [0.2, 0.25) is 0 Å². The lowest BCUT2D eigenvalue weighted by Gasteiger charge is -2.17. The molecule has 1 aromatic carbocycles. The van der Waals surface area contributed by atoms with Crippen LogP contribution in [-0.2, 0) is 14.3 Å². The Labute approximate surface area is 124 Å². The van der Waals surface area contributed by atoms with E-state index >= 15 is 0 Å². The molecule has 0 radical (unpaired) electrons. The van der Waals surface area contributed by atoms with Crippen molar-refractivity contribution in [1.29, 1.82) is 0 Å². The summed E-state index contributed by atoms with van der Waals surface area (Å²) in [6.07, 6.45) is 0.452. The Kier molecular flexibility index (Phi) is 4.08. The molecule has 0 bridgehead atoms. The van der Waals surface area contributed by atoms with E-state index in [1.807, 2.05) is 20.8 Å². The highest BCUT2D eigenvalue weighted by Gasteiger charge is 2.49. The Morgan fingerprint density at radius 3 is 2.62 bits per heavy atom. The van der Waals surface area contributed by atoms with Crippen molar-refractivity contribution in [3.63, 3.8) is 0 Å². The maximum Gasteiger partial charge on any atom is 0.270 e. The summed E-state index contributed by atoms with van der Waals surface area (Å²) in [5.41, 5.74) is 0.423. The van der Waals surface area contributed by atoms with E-state index in [1.165, 1.54) is 12.1 Å². The molecule has 0 amide bonds.